The number of imidazole rings is 1. The van der Waals surface area contributed by atoms with Crippen molar-refractivity contribution < 1.29 is 0 Å². The van der Waals surface area contributed by atoms with E-state index in [0.717, 1.165) is 30.7 Å². The predicted molar refractivity (Wildman–Crippen MR) is 67.7 cm³/mol. The van der Waals surface area contributed by atoms with Crippen LogP contribution in [0.5, 0.6) is 0 Å². The van der Waals surface area contributed by atoms with Crippen molar-refractivity contribution in [2.24, 2.45) is 7.05 Å². The summed E-state index contributed by atoms with van der Waals surface area (Å²) >= 11 is 0. The van der Waals surface area contributed by atoms with Crippen molar-refractivity contribution in [3.63, 3.8) is 0 Å². The fourth-order valence-corrected chi connectivity index (χ4v) is 1.74. The number of aromatic nitrogens is 2. The summed E-state index contributed by atoms with van der Waals surface area (Å²) in [6, 6.07) is 6.29. The van der Waals surface area contributed by atoms with Gasteiger partial charge in [0.05, 0.1) is 17.4 Å². The minimum Gasteiger partial charge on any atom is -0.385 e. The third-order valence-electron chi connectivity index (χ3n) is 2.66. The van der Waals surface area contributed by atoms with Crippen LogP contribution >= 0.6 is 0 Å². The second-order valence-electron chi connectivity index (χ2n) is 3.94. The molecule has 0 radical (unpaired) electrons. The van der Waals surface area contributed by atoms with Crippen LogP contribution in [0.4, 0.5) is 5.69 Å². The summed E-state index contributed by atoms with van der Waals surface area (Å²) < 4.78 is 2.03. The third-order valence-corrected chi connectivity index (χ3v) is 2.66. The lowest BCUT2D eigenvalue weighted by atomic mass is 10.2. The maximum Gasteiger partial charge on any atom is 0.0955 e. The van der Waals surface area contributed by atoms with Crippen molar-refractivity contribution in [1.29, 1.82) is 0 Å². The van der Waals surface area contributed by atoms with Gasteiger partial charge in [0.1, 0.15) is 0 Å². The molecule has 0 bridgehead atoms. The number of anilines is 1. The van der Waals surface area contributed by atoms with Crippen molar-refractivity contribution in [3.05, 3.63) is 24.5 Å². The molecule has 0 amide bonds. The zero-order valence-electron chi connectivity index (χ0n) is 9.83. The van der Waals surface area contributed by atoms with Crippen LogP contribution in [0.1, 0.15) is 6.42 Å². The second kappa shape index (κ2) is 4.99. The molecule has 1 aromatic carbocycles. The van der Waals surface area contributed by atoms with E-state index in [-0.39, 0.29) is 0 Å². The van der Waals surface area contributed by atoms with E-state index < -0.39 is 0 Å². The first-order valence-electron chi connectivity index (χ1n) is 5.61. The number of hydrogen-bond donors (Lipinski definition) is 2. The number of nitrogens with zero attached hydrogens (tertiary/aromatic N) is 2. The molecule has 4 heteroatoms. The fourth-order valence-electron chi connectivity index (χ4n) is 1.74. The van der Waals surface area contributed by atoms with E-state index >= 15 is 0 Å². The summed E-state index contributed by atoms with van der Waals surface area (Å²) in [6.45, 7) is 2.03. The standard InChI is InChI=1S/C12H18N4/c1-13-6-3-7-14-10-4-5-12-11(8-10)15-9-16(12)2/h4-5,8-9,13-14H,3,6-7H2,1-2H3. The van der Waals surface area contributed by atoms with Gasteiger partial charge in [-0.15, -0.1) is 0 Å². The Labute approximate surface area is 95.7 Å². The smallest absolute Gasteiger partial charge is 0.0955 e. The Bertz CT molecular complexity index is 461. The summed E-state index contributed by atoms with van der Waals surface area (Å²) in [5, 5.41) is 6.52. The fraction of sp³-hybridized carbons (Fsp3) is 0.417. The molecule has 1 aromatic heterocycles. The predicted octanol–water partition coefficient (Wildman–Crippen LogP) is 1.59. The first-order valence-corrected chi connectivity index (χ1v) is 5.61. The maximum atomic E-state index is 4.33. The molecule has 16 heavy (non-hydrogen) atoms. The number of rotatable bonds is 5. The van der Waals surface area contributed by atoms with Crippen LogP contribution in [0, 0.1) is 0 Å². The van der Waals surface area contributed by atoms with E-state index in [4.69, 9.17) is 0 Å². The molecule has 0 unspecified atom stereocenters. The molecule has 0 fully saturated rings. The lowest BCUT2D eigenvalue weighted by molar-refractivity contribution is 0.748. The highest BCUT2D eigenvalue weighted by atomic mass is 15.0. The molecule has 86 valence electrons. The van der Waals surface area contributed by atoms with Crippen LogP contribution in [0.25, 0.3) is 11.0 Å². The topological polar surface area (TPSA) is 41.9 Å². The number of fused-ring (bicyclic) bond motifs is 1. The quantitative estimate of drug-likeness (QED) is 0.749. The Balaban J connectivity index is 2.02. The lowest BCUT2D eigenvalue weighted by Crippen LogP contribution is -2.12. The van der Waals surface area contributed by atoms with Crippen LogP contribution in [0.15, 0.2) is 24.5 Å². The van der Waals surface area contributed by atoms with E-state index in [1.807, 2.05) is 25.0 Å². The molecule has 4 nitrogen and oxygen atoms in total. The van der Waals surface area contributed by atoms with E-state index in [1.54, 1.807) is 0 Å². The maximum absolute atomic E-state index is 4.33. The molecule has 0 spiro atoms. The van der Waals surface area contributed by atoms with E-state index in [0.29, 0.717) is 0 Å². The van der Waals surface area contributed by atoms with Gasteiger partial charge in [0.2, 0.25) is 0 Å². The molecule has 2 rings (SSSR count). The minimum atomic E-state index is 0.985. The highest BCUT2D eigenvalue weighted by molar-refractivity contribution is 5.79. The molecule has 1 heterocycles. The Kier molecular flexibility index (Phi) is 3.41. The van der Waals surface area contributed by atoms with Gasteiger partial charge in [-0.05, 0) is 38.2 Å². The summed E-state index contributed by atoms with van der Waals surface area (Å²) in [5.74, 6) is 0. The van der Waals surface area contributed by atoms with Gasteiger partial charge in [0.25, 0.3) is 0 Å². The van der Waals surface area contributed by atoms with Crippen LogP contribution < -0.4 is 10.6 Å². The number of benzene rings is 1. The second-order valence-corrected chi connectivity index (χ2v) is 3.94. The van der Waals surface area contributed by atoms with Gasteiger partial charge < -0.3 is 15.2 Å². The number of hydrogen-bond acceptors (Lipinski definition) is 3. The SMILES string of the molecule is CNCCCNc1ccc2c(c1)ncn2C. The first-order chi connectivity index (χ1) is 7.81. The molecule has 0 atom stereocenters. The number of aryl methyl sites for hydroxylation is 1. The highest BCUT2D eigenvalue weighted by Crippen LogP contribution is 2.17. The Hall–Kier alpha value is -1.55. The van der Waals surface area contributed by atoms with Crippen molar-refractivity contribution in [3.8, 4) is 0 Å². The minimum absolute atomic E-state index is 0.985. The van der Waals surface area contributed by atoms with Crippen molar-refractivity contribution in [1.82, 2.24) is 14.9 Å². The van der Waals surface area contributed by atoms with Crippen molar-refractivity contribution >= 4 is 16.7 Å². The monoisotopic (exact) mass is 218 g/mol. The lowest BCUT2D eigenvalue weighted by Gasteiger charge is -2.06. The van der Waals surface area contributed by atoms with E-state index in [2.05, 4.69) is 33.8 Å². The molecule has 0 aliphatic rings. The molecular weight excluding hydrogens is 200 g/mol. The largest absolute Gasteiger partial charge is 0.385 e. The Morgan fingerprint density at radius 3 is 3.00 bits per heavy atom. The van der Waals surface area contributed by atoms with Gasteiger partial charge in [-0.1, -0.05) is 0 Å². The van der Waals surface area contributed by atoms with Gasteiger partial charge >= 0.3 is 0 Å². The molecule has 0 saturated heterocycles. The summed E-state index contributed by atoms with van der Waals surface area (Å²) in [4.78, 5) is 4.33. The van der Waals surface area contributed by atoms with Crippen molar-refractivity contribution in [2.75, 3.05) is 25.5 Å². The van der Waals surface area contributed by atoms with Crippen LogP contribution in [0.3, 0.4) is 0 Å². The van der Waals surface area contributed by atoms with E-state index in [1.165, 1.54) is 5.52 Å². The summed E-state index contributed by atoms with van der Waals surface area (Å²) in [6.07, 6.45) is 2.96. The average molecular weight is 218 g/mol. The number of nitrogens with one attached hydrogen (secondary N) is 2. The van der Waals surface area contributed by atoms with Crippen LogP contribution in [-0.4, -0.2) is 29.7 Å². The Morgan fingerprint density at radius 1 is 1.31 bits per heavy atom. The zero-order chi connectivity index (χ0) is 11.4. The third kappa shape index (κ3) is 2.33. The average Bonchev–Trinajstić information content (AvgIpc) is 2.66. The summed E-state index contributed by atoms with van der Waals surface area (Å²) in [5.41, 5.74) is 3.35. The molecule has 2 aromatic rings. The normalized spacial score (nSPS) is 10.9. The van der Waals surface area contributed by atoms with Gasteiger partial charge in [-0.25, -0.2) is 4.98 Å². The zero-order valence-corrected chi connectivity index (χ0v) is 9.83. The highest BCUT2D eigenvalue weighted by Gasteiger charge is 2.00. The van der Waals surface area contributed by atoms with Gasteiger partial charge in [0.15, 0.2) is 0 Å². The van der Waals surface area contributed by atoms with Gasteiger partial charge in [-0.3, -0.25) is 0 Å². The first kappa shape index (κ1) is 11.0. The molecule has 0 aliphatic heterocycles. The van der Waals surface area contributed by atoms with E-state index in [9.17, 15) is 0 Å². The van der Waals surface area contributed by atoms with Crippen LogP contribution in [-0.2, 0) is 7.05 Å². The molecule has 2 N–H and O–H groups in total. The van der Waals surface area contributed by atoms with Gasteiger partial charge in [-0.2, -0.15) is 0 Å². The Morgan fingerprint density at radius 2 is 2.19 bits per heavy atom. The molecule has 0 saturated carbocycles. The van der Waals surface area contributed by atoms with Crippen molar-refractivity contribution in [2.45, 2.75) is 6.42 Å². The molecular formula is C12H18N4. The van der Waals surface area contributed by atoms with Crippen LogP contribution in [0.2, 0.25) is 0 Å². The summed E-state index contributed by atoms with van der Waals surface area (Å²) in [7, 11) is 3.98. The molecule has 0 aliphatic carbocycles. The van der Waals surface area contributed by atoms with Gasteiger partial charge in [0, 0.05) is 19.3 Å².